The number of aryl methyl sites for hydroxylation is 1. The third-order valence-corrected chi connectivity index (χ3v) is 2.87. The minimum absolute atomic E-state index is 0.256. The van der Waals surface area contributed by atoms with Gasteiger partial charge < -0.3 is 5.32 Å². The third-order valence-electron chi connectivity index (χ3n) is 2.49. The van der Waals surface area contributed by atoms with Crippen LogP contribution in [0.1, 0.15) is 11.3 Å². The van der Waals surface area contributed by atoms with Gasteiger partial charge in [0.2, 0.25) is 0 Å². The van der Waals surface area contributed by atoms with E-state index < -0.39 is 0 Å². The van der Waals surface area contributed by atoms with Crippen LogP contribution >= 0.6 is 11.6 Å². The summed E-state index contributed by atoms with van der Waals surface area (Å²) in [5, 5.41) is 7.89. The van der Waals surface area contributed by atoms with Crippen molar-refractivity contribution in [1.82, 2.24) is 15.1 Å². The lowest BCUT2D eigenvalue weighted by molar-refractivity contribution is 0.622. The molecule has 17 heavy (non-hydrogen) atoms. The third kappa shape index (κ3) is 2.48. The molecule has 0 saturated carbocycles. The van der Waals surface area contributed by atoms with Crippen LogP contribution in [0.2, 0.25) is 5.02 Å². The smallest absolute Gasteiger partial charge is 0.123 e. The fourth-order valence-electron chi connectivity index (χ4n) is 1.67. The van der Waals surface area contributed by atoms with Crippen LogP contribution in [0.25, 0.3) is 5.69 Å². The van der Waals surface area contributed by atoms with Gasteiger partial charge >= 0.3 is 0 Å². The molecule has 2 aromatic rings. The number of benzene rings is 1. The maximum atomic E-state index is 13.2. The van der Waals surface area contributed by atoms with Crippen LogP contribution in [-0.4, -0.2) is 16.8 Å². The van der Waals surface area contributed by atoms with Crippen molar-refractivity contribution in [3.63, 3.8) is 0 Å². The molecule has 90 valence electrons. The van der Waals surface area contributed by atoms with Crippen molar-refractivity contribution in [1.29, 1.82) is 0 Å². The number of aromatic nitrogens is 2. The van der Waals surface area contributed by atoms with E-state index in [1.807, 2.05) is 14.0 Å². The molecule has 0 saturated heterocycles. The molecule has 1 heterocycles. The molecule has 3 nitrogen and oxygen atoms in total. The minimum Gasteiger partial charge on any atom is -0.316 e. The zero-order valence-corrected chi connectivity index (χ0v) is 10.4. The van der Waals surface area contributed by atoms with Gasteiger partial charge in [0.25, 0.3) is 0 Å². The number of hydrogen-bond acceptors (Lipinski definition) is 2. The van der Waals surface area contributed by atoms with Gasteiger partial charge in [0, 0.05) is 12.7 Å². The average Bonchev–Trinajstić information content (AvgIpc) is 2.60. The summed E-state index contributed by atoms with van der Waals surface area (Å²) in [6.07, 6.45) is 1.73. The molecular weight excluding hydrogens is 241 g/mol. The van der Waals surface area contributed by atoms with Crippen molar-refractivity contribution in [3.8, 4) is 5.69 Å². The molecule has 0 aliphatic carbocycles. The minimum atomic E-state index is -0.256. The SMILES string of the molecule is CNCc1cc(F)ccc1-n1cc(Cl)c(C)n1. The summed E-state index contributed by atoms with van der Waals surface area (Å²) >= 11 is 5.97. The summed E-state index contributed by atoms with van der Waals surface area (Å²) < 4.78 is 14.9. The second-order valence-electron chi connectivity index (χ2n) is 3.81. The van der Waals surface area contributed by atoms with Gasteiger partial charge in [-0.2, -0.15) is 5.10 Å². The molecule has 5 heteroatoms. The Hall–Kier alpha value is -1.39. The maximum absolute atomic E-state index is 13.2. The highest BCUT2D eigenvalue weighted by Gasteiger charge is 2.09. The van der Waals surface area contributed by atoms with Crippen molar-refractivity contribution >= 4 is 11.6 Å². The summed E-state index contributed by atoms with van der Waals surface area (Å²) in [6, 6.07) is 4.61. The second kappa shape index (κ2) is 4.85. The van der Waals surface area contributed by atoms with Gasteiger partial charge in [0.05, 0.1) is 16.4 Å². The van der Waals surface area contributed by atoms with E-state index >= 15 is 0 Å². The standard InChI is InChI=1S/C12H13ClFN3/c1-8-11(13)7-17(16-8)12-4-3-10(14)5-9(12)6-15-2/h3-5,7,15H,6H2,1-2H3. The Morgan fingerprint density at radius 2 is 2.24 bits per heavy atom. The highest BCUT2D eigenvalue weighted by Crippen LogP contribution is 2.20. The van der Waals surface area contributed by atoms with Crippen LogP contribution < -0.4 is 5.32 Å². The molecule has 0 aliphatic heterocycles. The molecule has 1 N–H and O–H groups in total. The summed E-state index contributed by atoms with van der Waals surface area (Å²) in [5.74, 6) is -0.256. The first-order chi connectivity index (χ1) is 8.11. The van der Waals surface area contributed by atoms with E-state index in [0.717, 1.165) is 16.9 Å². The lowest BCUT2D eigenvalue weighted by Gasteiger charge is -2.09. The van der Waals surface area contributed by atoms with E-state index in [4.69, 9.17) is 11.6 Å². The number of halogens is 2. The summed E-state index contributed by atoms with van der Waals surface area (Å²) in [4.78, 5) is 0. The van der Waals surface area contributed by atoms with Gasteiger partial charge in [0.15, 0.2) is 0 Å². The van der Waals surface area contributed by atoms with Gasteiger partial charge in [-0.25, -0.2) is 9.07 Å². The molecule has 0 bridgehead atoms. The lowest BCUT2D eigenvalue weighted by atomic mass is 10.1. The Morgan fingerprint density at radius 1 is 1.47 bits per heavy atom. The van der Waals surface area contributed by atoms with E-state index in [1.165, 1.54) is 12.1 Å². The predicted octanol–water partition coefficient (Wildman–Crippen LogP) is 2.69. The van der Waals surface area contributed by atoms with Crippen molar-refractivity contribution < 1.29 is 4.39 Å². The monoisotopic (exact) mass is 253 g/mol. The summed E-state index contributed by atoms with van der Waals surface area (Å²) in [6.45, 7) is 2.41. The molecule has 0 unspecified atom stereocenters. The molecule has 0 atom stereocenters. The fourth-order valence-corrected chi connectivity index (χ4v) is 1.80. The highest BCUT2D eigenvalue weighted by molar-refractivity contribution is 6.31. The largest absolute Gasteiger partial charge is 0.316 e. The van der Waals surface area contributed by atoms with Crippen molar-refractivity contribution in [3.05, 3.63) is 46.5 Å². The number of rotatable bonds is 3. The number of nitrogens with zero attached hydrogens (tertiary/aromatic N) is 2. The van der Waals surface area contributed by atoms with Crippen molar-refractivity contribution in [2.75, 3.05) is 7.05 Å². The number of nitrogens with one attached hydrogen (secondary N) is 1. The molecule has 0 fully saturated rings. The zero-order chi connectivity index (χ0) is 12.4. The van der Waals surface area contributed by atoms with E-state index in [9.17, 15) is 4.39 Å². The molecule has 0 spiro atoms. The summed E-state index contributed by atoms with van der Waals surface area (Å²) in [7, 11) is 1.82. The fraction of sp³-hybridized carbons (Fsp3) is 0.250. The first kappa shape index (κ1) is 12.1. The molecule has 0 radical (unpaired) electrons. The Balaban J connectivity index is 2.50. The van der Waals surface area contributed by atoms with Crippen LogP contribution in [0.4, 0.5) is 4.39 Å². The Labute approximate surface area is 104 Å². The highest BCUT2D eigenvalue weighted by atomic mass is 35.5. The van der Waals surface area contributed by atoms with E-state index in [-0.39, 0.29) is 5.82 Å². The molecule has 0 amide bonds. The van der Waals surface area contributed by atoms with Crippen LogP contribution in [0.15, 0.2) is 24.4 Å². The van der Waals surface area contributed by atoms with E-state index in [0.29, 0.717) is 11.6 Å². The summed E-state index contributed by atoms with van der Waals surface area (Å²) in [5.41, 5.74) is 2.42. The van der Waals surface area contributed by atoms with Crippen LogP contribution in [0.5, 0.6) is 0 Å². The van der Waals surface area contributed by atoms with E-state index in [1.54, 1.807) is 16.9 Å². The number of hydrogen-bond donors (Lipinski definition) is 1. The normalized spacial score (nSPS) is 10.8. The van der Waals surface area contributed by atoms with Gasteiger partial charge in [-0.1, -0.05) is 11.6 Å². The van der Waals surface area contributed by atoms with Gasteiger partial charge in [-0.3, -0.25) is 0 Å². The Morgan fingerprint density at radius 3 is 2.82 bits per heavy atom. The second-order valence-corrected chi connectivity index (χ2v) is 4.22. The molecule has 2 rings (SSSR count). The van der Waals surface area contributed by atoms with Gasteiger partial charge in [0.1, 0.15) is 5.82 Å². The molecular formula is C12H13ClFN3. The van der Waals surface area contributed by atoms with Crippen LogP contribution in [0, 0.1) is 12.7 Å². The molecule has 1 aromatic carbocycles. The van der Waals surface area contributed by atoms with Gasteiger partial charge in [-0.15, -0.1) is 0 Å². The van der Waals surface area contributed by atoms with Crippen LogP contribution in [-0.2, 0) is 6.54 Å². The predicted molar refractivity (Wildman–Crippen MR) is 66.0 cm³/mol. The Bertz CT molecular complexity index is 517. The van der Waals surface area contributed by atoms with Gasteiger partial charge in [-0.05, 0) is 37.7 Å². The Kier molecular flexibility index (Phi) is 3.45. The molecule has 0 aliphatic rings. The van der Waals surface area contributed by atoms with E-state index in [2.05, 4.69) is 10.4 Å². The van der Waals surface area contributed by atoms with Crippen molar-refractivity contribution in [2.45, 2.75) is 13.5 Å². The zero-order valence-electron chi connectivity index (χ0n) is 9.67. The average molecular weight is 254 g/mol. The van der Waals surface area contributed by atoms with Crippen molar-refractivity contribution in [2.24, 2.45) is 0 Å². The first-order valence-electron chi connectivity index (χ1n) is 5.27. The quantitative estimate of drug-likeness (QED) is 0.912. The first-order valence-corrected chi connectivity index (χ1v) is 5.65. The topological polar surface area (TPSA) is 29.9 Å². The maximum Gasteiger partial charge on any atom is 0.123 e. The molecule has 1 aromatic heterocycles. The van der Waals surface area contributed by atoms with Crippen LogP contribution in [0.3, 0.4) is 0 Å². The lowest BCUT2D eigenvalue weighted by Crippen LogP contribution is -2.10.